The van der Waals surface area contributed by atoms with Gasteiger partial charge in [0.05, 0.1) is 6.20 Å². The van der Waals surface area contributed by atoms with Crippen molar-refractivity contribution >= 4 is 16.9 Å². The van der Waals surface area contributed by atoms with Crippen molar-refractivity contribution in [3.8, 4) is 11.4 Å². The highest BCUT2D eigenvalue weighted by Crippen LogP contribution is 2.25. The number of nitrogens with zero attached hydrogens (tertiary/aromatic N) is 3. The van der Waals surface area contributed by atoms with E-state index in [0.717, 1.165) is 22.5 Å². The van der Waals surface area contributed by atoms with E-state index >= 15 is 0 Å². The molecule has 0 radical (unpaired) electrons. The third kappa shape index (κ3) is 1.61. The quantitative estimate of drug-likeness (QED) is 0.620. The lowest BCUT2D eigenvalue weighted by atomic mass is 10.1. The smallest absolute Gasteiger partial charge is 0.181 e. The molecule has 0 bridgehead atoms. The number of fused-ring (bicyclic) bond motifs is 1. The van der Waals surface area contributed by atoms with Gasteiger partial charge in [-0.3, -0.25) is 0 Å². The van der Waals surface area contributed by atoms with Gasteiger partial charge in [0, 0.05) is 11.3 Å². The standard InChI is InChI=1S/C12H11N5/c1-7-2-3-9(13)8(4-7)11-16-10-5-14-6-15-12(10)17-11/h2-6H,13H2,1H3,(H,14,15,16,17). The molecule has 0 saturated heterocycles. The van der Waals surface area contributed by atoms with Crippen LogP contribution in [-0.2, 0) is 0 Å². The number of nitrogen functional groups attached to an aromatic ring is 1. The maximum atomic E-state index is 5.95. The summed E-state index contributed by atoms with van der Waals surface area (Å²) in [7, 11) is 0. The number of nitrogens with one attached hydrogen (secondary N) is 1. The molecule has 0 aliphatic carbocycles. The fourth-order valence-electron chi connectivity index (χ4n) is 1.76. The Morgan fingerprint density at radius 1 is 1.29 bits per heavy atom. The van der Waals surface area contributed by atoms with Crippen LogP contribution in [0.2, 0.25) is 0 Å². The monoisotopic (exact) mass is 225 g/mol. The van der Waals surface area contributed by atoms with Crippen LogP contribution in [-0.4, -0.2) is 19.9 Å². The molecule has 0 spiro atoms. The van der Waals surface area contributed by atoms with Gasteiger partial charge >= 0.3 is 0 Å². The predicted octanol–water partition coefficient (Wildman–Crippen LogP) is 1.91. The summed E-state index contributed by atoms with van der Waals surface area (Å²) >= 11 is 0. The molecule has 0 amide bonds. The summed E-state index contributed by atoms with van der Waals surface area (Å²) in [5.41, 5.74) is 10.1. The zero-order valence-corrected chi connectivity index (χ0v) is 9.31. The average Bonchev–Trinajstić information content (AvgIpc) is 2.75. The van der Waals surface area contributed by atoms with E-state index in [1.807, 2.05) is 25.1 Å². The van der Waals surface area contributed by atoms with E-state index in [0.29, 0.717) is 11.3 Å². The summed E-state index contributed by atoms with van der Waals surface area (Å²) in [6, 6.07) is 5.85. The molecule has 3 aromatic rings. The van der Waals surface area contributed by atoms with Crippen molar-refractivity contribution in [2.24, 2.45) is 0 Å². The van der Waals surface area contributed by atoms with Crippen LogP contribution in [0.4, 0.5) is 5.69 Å². The van der Waals surface area contributed by atoms with Crippen molar-refractivity contribution < 1.29 is 0 Å². The first-order valence-corrected chi connectivity index (χ1v) is 5.26. The lowest BCUT2D eigenvalue weighted by Gasteiger charge is -2.02. The Balaban J connectivity index is 2.23. The number of nitrogens with two attached hydrogens (primary N) is 1. The van der Waals surface area contributed by atoms with Crippen LogP contribution in [0.15, 0.2) is 30.7 Å². The van der Waals surface area contributed by atoms with E-state index in [4.69, 9.17) is 5.73 Å². The van der Waals surface area contributed by atoms with E-state index in [2.05, 4.69) is 19.9 Å². The molecule has 1 aromatic carbocycles. The second-order valence-electron chi connectivity index (χ2n) is 3.94. The number of aryl methyl sites for hydroxylation is 1. The van der Waals surface area contributed by atoms with Gasteiger partial charge in [0.1, 0.15) is 17.7 Å². The largest absolute Gasteiger partial charge is 0.398 e. The Labute approximate surface area is 97.7 Å². The van der Waals surface area contributed by atoms with Crippen LogP contribution >= 0.6 is 0 Å². The number of aromatic nitrogens is 4. The molecule has 3 N–H and O–H groups in total. The Morgan fingerprint density at radius 2 is 2.18 bits per heavy atom. The molecule has 0 aliphatic heterocycles. The van der Waals surface area contributed by atoms with Gasteiger partial charge in [0.15, 0.2) is 5.65 Å². The fourth-order valence-corrected chi connectivity index (χ4v) is 1.76. The summed E-state index contributed by atoms with van der Waals surface area (Å²) in [6.45, 7) is 2.02. The van der Waals surface area contributed by atoms with E-state index < -0.39 is 0 Å². The number of hydrogen-bond donors (Lipinski definition) is 2. The van der Waals surface area contributed by atoms with E-state index in [1.54, 1.807) is 6.20 Å². The molecule has 0 aliphatic rings. The molecular formula is C12H11N5. The summed E-state index contributed by atoms with van der Waals surface area (Å²) in [5, 5.41) is 0. The van der Waals surface area contributed by atoms with Crippen molar-refractivity contribution in [3.63, 3.8) is 0 Å². The Hall–Kier alpha value is -2.43. The molecule has 2 heterocycles. The van der Waals surface area contributed by atoms with Crippen molar-refractivity contribution in [3.05, 3.63) is 36.3 Å². The van der Waals surface area contributed by atoms with Gasteiger partial charge in [-0.15, -0.1) is 0 Å². The molecule has 84 valence electrons. The maximum Gasteiger partial charge on any atom is 0.181 e. The summed E-state index contributed by atoms with van der Waals surface area (Å²) in [6.07, 6.45) is 3.18. The number of anilines is 1. The van der Waals surface area contributed by atoms with Crippen LogP contribution in [0.1, 0.15) is 5.56 Å². The fraction of sp³-hybridized carbons (Fsp3) is 0.0833. The third-order valence-corrected chi connectivity index (χ3v) is 2.63. The zero-order chi connectivity index (χ0) is 11.8. The number of benzene rings is 1. The minimum absolute atomic E-state index is 0.649. The second-order valence-corrected chi connectivity index (χ2v) is 3.94. The first-order chi connectivity index (χ1) is 8.24. The normalized spacial score (nSPS) is 10.9. The van der Waals surface area contributed by atoms with Gasteiger partial charge in [0.25, 0.3) is 0 Å². The molecule has 0 fully saturated rings. The molecule has 0 saturated carbocycles. The average molecular weight is 225 g/mol. The van der Waals surface area contributed by atoms with Crippen molar-refractivity contribution in [2.45, 2.75) is 6.92 Å². The second kappa shape index (κ2) is 3.55. The number of hydrogen-bond acceptors (Lipinski definition) is 4. The van der Waals surface area contributed by atoms with E-state index in [1.165, 1.54) is 6.33 Å². The minimum atomic E-state index is 0.649. The Kier molecular flexibility index (Phi) is 2.04. The van der Waals surface area contributed by atoms with Crippen LogP contribution in [0.3, 0.4) is 0 Å². The SMILES string of the molecule is Cc1ccc(N)c(-c2nc3ncncc3[nH]2)c1. The van der Waals surface area contributed by atoms with E-state index in [9.17, 15) is 0 Å². The molecule has 17 heavy (non-hydrogen) atoms. The van der Waals surface area contributed by atoms with Crippen LogP contribution < -0.4 is 5.73 Å². The molecule has 2 aromatic heterocycles. The molecule has 5 heteroatoms. The minimum Gasteiger partial charge on any atom is -0.398 e. The molecular weight excluding hydrogens is 214 g/mol. The highest BCUT2D eigenvalue weighted by atomic mass is 15.0. The first kappa shape index (κ1) is 9.77. The number of aromatic amines is 1. The third-order valence-electron chi connectivity index (χ3n) is 2.63. The van der Waals surface area contributed by atoms with Crippen LogP contribution in [0, 0.1) is 6.92 Å². The Morgan fingerprint density at radius 3 is 3.00 bits per heavy atom. The maximum absolute atomic E-state index is 5.95. The van der Waals surface area contributed by atoms with Crippen LogP contribution in [0.5, 0.6) is 0 Å². The van der Waals surface area contributed by atoms with Gasteiger partial charge in [0.2, 0.25) is 0 Å². The molecule has 5 nitrogen and oxygen atoms in total. The highest BCUT2D eigenvalue weighted by Gasteiger charge is 2.09. The Bertz CT molecular complexity index is 653. The molecule has 0 atom stereocenters. The number of H-pyrrole nitrogens is 1. The van der Waals surface area contributed by atoms with Gasteiger partial charge in [-0.25, -0.2) is 15.0 Å². The first-order valence-electron chi connectivity index (χ1n) is 5.26. The van der Waals surface area contributed by atoms with Gasteiger partial charge < -0.3 is 10.7 Å². The lowest BCUT2D eigenvalue weighted by Crippen LogP contribution is -1.91. The van der Waals surface area contributed by atoms with Crippen molar-refractivity contribution in [2.75, 3.05) is 5.73 Å². The van der Waals surface area contributed by atoms with Gasteiger partial charge in [-0.2, -0.15) is 0 Å². The molecule has 0 unspecified atom stereocenters. The van der Waals surface area contributed by atoms with Crippen molar-refractivity contribution in [1.82, 2.24) is 19.9 Å². The van der Waals surface area contributed by atoms with Crippen LogP contribution in [0.25, 0.3) is 22.6 Å². The topological polar surface area (TPSA) is 80.5 Å². The predicted molar refractivity (Wildman–Crippen MR) is 66.3 cm³/mol. The summed E-state index contributed by atoms with van der Waals surface area (Å²) < 4.78 is 0. The number of imidazole rings is 1. The highest BCUT2D eigenvalue weighted by molar-refractivity contribution is 5.79. The van der Waals surface area contributed by atoms with Crippen molar-refractivity contribution in [1.29, 1.82) is 0 Å². The van der Waals surface area contributed by atoms with E-state index in [-0.39, 0.29) is 0 Å². The summed E-state index contributed by atoms with van der Waals surface area (Å²) in [4.78, 5) is 15.6. The zero-order valence-electron chi connectivity index (χ0n) is 9.31. The molecule has 3 rings (SSSR count). The number of rotatable bonds is 1. The summed E-state index contributed by atoms with van der Waals surface area (Å²) in [5.74, 6) is 0.724. The lowest BCUT2D eigenvalue weighted by molar-refractivity contribution is 1.20. The van der Waals surface area contributed by atoms with Gasteiger partial charge in [-0.1, -0.05) is 11.6 Å². The van der Waals surface area contributed by atoms with Gasteiger partial charge in [-0.05, 0) is 19.1 Å².